The van der Waals surface area contributed by atoms with Gasteiger partial charge in [0.05, 0.1) is 10.9 Å². The van der Waals surface area contributed by atoms with Crippen LogP contribution in [0.1, 0.15) is 19.9 Å². The fourth-order valence-corrected chi connectivity index (χ4v) is 3.03. The van der Waals surface area contributed by atoms with E-state index in [2.05, 4.69) is 10.1 Å². The van der Waals surface area contributed by atoms with Gasteiger partial charge in [-0.05, 0) is 35.9 Å². The Labute approximate surface area is 115 Å². The molecule has 0 saturated carbocycles. The Morgan fingerprint density at radius 3 is 2.35 bits per heavy atom. The molecule has 0 aliphatic carbocycles. The Morgan fingerprint density at radius 2 is 1.85 bits per heavy atom. The standard InChI is InChI=1S/C11H12N4O4S/c1-8(2)14-11(12-10(13-14)15(16)17)20(18,19)9-6-4-3-5-7-9/h3-8H,1-2H3. The van der Waals surface area contributed by atoms with Crippen LogP contribution < -0.4 is 0 Å². The summed E-state index contributed by atoms with van der Waals surface area (Å²) in [7, 11) is -3.94. The zero-order chi connectivity index (χ0) is 14.9. The average Bonchev–Trinajstić information content (AvgIpc) is 2.86. The lowest BCUT2D eigenvalue weighted by molar-refractivity contribution is -0.394. The number of nitro groups is 1. The molecule has 0 bridgehead atoms. The lowest BCUT2D eigenvalue weighted by Crippen LogP contribution is -2.14. The number of benzene rings is 1. The third-order valence-corrected chi connectivity index (χ3v) is 4.19. The summed E-state index contributed by atoms with van der Waals surface area (Å²) in [5.41, 5.74) is 0. The maximum Gasteiger partial charge on any atom is 0.492 e. The number of hydrogen-bond acceptors (Lipinski definition) is 6. The van der Waals surface area contributed by atoms with Crippen LogP contribution in [-0.4, -0.2) is 28.1 Å². The van der Waals surface area contributed by atoms with Crippen molar-refractivity contribution < 1.29 is 13.3 Å². The summed E-state index contributed by atoms with van der Waals surface area (Å²) >= 11 is 0. The van der Waals surface area contributed by atoms with Gasteiger partial charge in [-0.1, -0.05) is 18.2 Å². The van der Waals surface area contributed by atoms with E-state index in [0.29, 0.717) is 0 Å². The lowest BCUT2D eigenvalue weighted by atomic mass is 10.4. The van der Waals surface area contributed by atoms with Crippen molar-refractivity contribution in [2.24, 2.45) is 0 Å². The van der Waals surface area contributed by atoms with Crippen LogP contribution >= 0.6 is 0 Å². The molecule has 2 rings (SSSR count). The minimum Gasteiger partial charge on any atom is -0.390 e. The molecule has 0 aliphatic heterocycles. The topological polar surface area (TPSA) is 108 Å². The van der Waals surface area contributed by atoms with E-state index < -0.39 is 25.9 Å². The summed E-state index contributed by atoms with van der Waals surface area (Å²) in [6.45, 7) is 3.34. The summed E-state index contributed by atoms with van der Waals surface area (Å²) in [6.07, 6.45) is 0. The van der Waals surface area contributed by atoms with Crippen molar-refractivity contribution in [3.05, 3.63) is 40.4 Å². The van der Waals surface area contributed by atoms with Crippen molar-refractivity contribution in [1.29, 1.82) is 0 Å². The summed E-state index contributed by atoms with van der Waals surface area (Å²) in [4.78, 5) is 13.5. The first-order valence-electron chi connectivity index (χ1n) is 5.75. The van der Waals surface area contributed by atoms with Crippen LogP contribution in [0.3, 0.4) is 0 Å². The fourth-order valence-electron chi connectivity index (χ4n) is 1.60. The summed E-state index contributed by atoms with van der Waals surface area (Å²) < 4.78 is 25.9. The van der Waals surface area contributed by atoms with Crippen LogP contribution in [0.2, 0.25) is 0 Å². The highest BCUT2D eigenvalue weighted by atomic mass is 32.2. The number of nitrogens with zero attached hydrogens (tertiary/aromatic N) is 4. The zero-order valence-electron chi connectivity index (χ0n) is 10.8. The van der Waals surface area contributed by atoms with Gasteiger partial charge in [0.15, 0.2) is 0 Å². The molecule has 20 heavy (non-hydrogen) atoms. The van der Waals surface area contributed by atoms with E-state index in [9.17, 15) is 18.5 Å². The van der Waals surface area contributed by atoms with E-state index >= 15 is 0 Å². The van der Waals surface area contributed by atoms with E-state index in [1.54, 1.807) is 32.0 Å². The molecule has 0 N–H and O–H groups in total. The molecule has 106 valence electrons. The summed E-state index contributed by atoms with van der Waals surface area (Å²) in [5.74, 6) is -0.729. The molecule has 0 atom stereocenters. The maximum absolute atomic E-state index is 12.4. The quantitative estimate of drug-likeness (QED) is 0.626. The van der Waals surface area contributed by atoms with Crippen LogP contribution in [0, 0.1) is 10.1 Å². The van der Waals surface area contributed by atoms with E-state index in [0.717, 1.165) is 4.68 Å². The van der Waals surface area contributed by atoms with Crippen LogP contribution in [0.25, 0.3) is 0 Å². The molecule has 8 nitrogen and oxygen atoms in total. The molecule has 0 unspecified atom stereocenters. The predicted molar refractivity (Wildman–Crippen MR) is 69.0 cm³/mol. The van der Waals surface area contributed by atoms with E-state index in [1.807, 2.05) is 0 Å². The second-order valence-electron chi connectivity index (χ2n) is 4.31. The van der Waals surface area contributed by atoms with Gasteiger partial charge in [0, 0.05) is 5.10 Å². The molecule has 0 amide bonds. The third kappa shape index (κ3) is 2.39. The van der Waals surface area contributed by atoms with Gasteiger partial charge in [-0.3, -0.25) is 0 Å². The number of rotatable bonds is 4. The van der Waals surface area contributed by atoms with Crippen molar-refractivity contribution in [2.45, 2.75) is 29.9 Å². The van der Waals surface area contributed by atoms with Crippen molar-refractivity contribution in [3.8, 4) is 0 Å². The first-order chi connectivity index (χ1) is 9.34. The lowest BCUT2D eigenvalue weighted by Gasteiger charge is -2.04. The molecule has 1 aromatic heterocycles. The van der Waals surface area contributed by atoms with Crippen molar-refractivity contribution in [2.75, 3.05) is 0 Å². The van der Waals surface area contributed by atoms with Gasteiger partial charge in [-0.15, -0.1) is 0 Å². The SMILES string of the molecule is CC(C)n1nc([N+](=O)[O-])nc1S(=O)(=O)c1ccccc1. The summed E-state index contributed by atoms with van der Waals surface area (Å²) in [6, 6.07) is 7.24. The normalized spacial score (nSPS) is 11.8. The van der Waals surface area contributed by atoms with E-state index in [1.165, 1.54) is 12.1 Å². The molecule has 1 heterocycles. The van der Waals surface area contributed by atoms with Gasteiger partial charge in [0.1, 0.15) is 0 Å². The maximum atomic E-state index is 12.4. The highest BCUT2D eigenvalue weighted by Crippen LogP contribution is 2.23. The molecular formula is C11H12N4O4S. The van der Waals surface area contributed by atoms with Gasteiger partial charge in [0.2, 0.25) is 0 Å². The van der Waals surface area contributed by atoms with Crippen molar-refractivity contribution in [1.82, 2.24) is 14.8 Å². The van der Waals surface area contributed by atoms with Crippen LogP contribution in [0.5, 0.6) is 0 Å². The highest BCUT2D eigenvalue weighted by Gasteiger charge is 2.34. The molecule has 0 radical (unpaired) electrons. The van der Waals surface area contributed by atoms with Crippen molar-refractivity contribution >= 4 is 15.8 Å². The molecular weight excluding hydrogens is 284 g/mol. The minimum absolute atomic E-state index is 0.0178. The van der Waals surface area contributed by atoms with Crippen molar-refractivity contribution in [3.63, 3.8) is 0 Å². The Balaban J connectivity index is 2.65. The molecule has 9 heteroatoms. The van der Waals surface area contributed by atoms with Gasteiger partial charge < -0.3 is 10.1 Å². The molecule has 0 aliphatic rings. The Hall–Kier alpha value is -2.29. The Bertz CT molecular complexity index is 737. The highest BCUT2D eigenvalue weighted by molar-refractivity contribution is 7.91. The van der Waals surface area contributed by atoms with E-state index in [4.69, 9.17) is 0 Å². The fraction of sp³-hybridized carbons (Fsp3) is 0.273. The van der Waals surface area contributed by atoms with Crippen LogP contribution in [0.4, 0.5) is 5.95 Å². The Kier molecular flexibility index (Phi) is 3.53. The smallest absolute Gasteiger partial charge is 0.390 e. The molecule has 1 aromatic carbocycles. The number of aromatic nitrogens is 3. The van der Waals surface area contributed by atoms with Gasteiger partial charge in [-0.2, -0.15) is 4.68 Å². The first kappa shape index (κ1) is 14.1. The van der Waals surface area contributed by atoms with Gasteiger partial charge in [-0.25, -0.2) is 8.42 Å². The molecule has 0 saturated heterocycles. The number of hydrogen-bond donors (Lipinski definition) is 0. The first-order valence-corrected chi connectivity index (χ1v) is 7.23. The zero-order valence-corrected chi connectivity index (χ0v) is 11.6. The second-order valence-corrected chi connectivity index (χ2v) is 6.15. The van der Waals surface area contributed by atoms with Crippen LogP contribution in [0.15, 0.2) is 40.4 Å². The molecule has 0 spiro atoms. The molecule has 0 fully saturated rings. The van der Waals surface area contributed by atoms with E-state index in [-0.39, 0.29) is 10.9 Å². The largest absolute Gasteiger partial charge is 0.492 e. The van der Waals surface area contributed by atoms with Gasteiger partial charge in [0.25, 0.3) is 9.84 Å². The third-order valence-electron chi connectivity index (χ3n) is 2.54. The van der Waals surface area contributed by atoms with Crippen LogP contribution in [-0.2, 0) is 9.84 Å². The minimum atomic E-state index is -3.94. The predicted octanol–water partition coefficient (Wildman–Crippen LogP) is 1.60. The molecule has 2 aromatic rings. The summed E-state index contributed by atoms with van der Waals surface area (Å²) in [5, 5.41) is 13.9. The average molecular weight is 296 g/mol. The number of sulfone groups is 1. The second kappa shape index (κ2) is 5.00. The van der Waals surface area contributed by atoms with Gasteiger partial charge >= 0.3 is 11.1 Å². The monoisotopic (exact) mass is 296 g/mol. The Morgan fingerprint density at radius 1 is 1.25 bits per heavy atom.